The Balaban J connectivity index is 2.09. The number of nitrogens with zero attached hydrogens (tertiary/aromatic N) is 2. The summed E-state index contributed by atoms with van der Waals surface area (Å²) in [6, 6.07) is 3.99. The van der Waals surface area contributed by atoms with Crippen LogP contribution in [0.2, 0.25) is 0 Å². The molecule has 0 saturated heterocycles. The molecule has 0 saturated carbocycles. The molecule has 1 aromatic rings. The Kier molecular flexibility index (Phi) is 4.58. The van der Waals surface area contributed by atoms with Crippen LogP contribution in [0.1, 0.15) is 30.8 Å². The molecule has 2 heterocycles. The number of fused-ring (bicyclic) bond motifs is 1. The van der Waals surface area contributed by atoms with Crippen LogP contribution in [0.4, 0.5) is 0 Å². The Morgan fingerprint density at radius 1 is 1.53 bits per heavy atom. The van der Waals surface area contributed by atoms with Gasteiger partial charge in [0.15, 0.2) is 0 Å². The van der Waals surface area contributed by atoms with E-state index in [1.54, 1.807) is 11.8 Å². The smallest absolute Gasteiger partial charge is 0.240 e. The first-order valence-corrected chi connectivity index (χ1v) is 8.16. The second kappa shape index (κ2) is 6.01. The van der Waals surface area contributed by atoms with E-state index >= 15 is 0 Å². The highest BCUT2D eigenvalue weighted by molar-refractivity contribution is 7.98. The maximum atomic E-state index is 12.4. The molecule has 0 aliphatic carbocycles. The fourth-order valence-electron chi connectivity index (χ4n) is 2.70. The second-order valence-corrected chi connectivity index (χ2v) is 6.13. The maximum Gasteiger partial charge on any atom is 0.240 e. The molecule has 0 bridgehead atoms. The lowest BCUT2D eigenvalue weighted by Crippen LogP contribution is -2.48. The fraction of sp³-hybridized carbons (Fsp3) is 0.643. The minimum absolute atomic E-state index is 0.0895. The molecule has 19 heavy (non-hydrogen) atoms. The number of aryl methyl sites for hydroxylation is 1. The van der Waals surface area contributed by atoms with Crippen molar-refractivity contribution in [3.05, 3.63) is 23.5 Å². The number of hydrogen-bond donors (Lipinski definition) is 1. The molecule has 0 spiro atoms. The van der Waals surface area contributed by atoms with Crippen molar-refractivity contribution in [2.45, 2.75) is 38.9 Å². The quantitative estimate of drug-likeness (QED) is 0.915. The van der Waals surface area contributed by atoms with Crippen molar-refractivity contribution in [3.63, 3.8) is 0 Å². The number of amides is 1. The van der Waals surface area contributed by atoms with Gasteiger partial charge in [-0.15, -0.1) is 0 Å². The van der Waals surface area contributed by atoms with E-state index in [0.717, 1.165) is 25.3 Å². The molecule has 1 aromatic heterocycles. The molecule has 2 atom stereocenters. The van der Waals surface area contributed by atoms with Crippen LogP contribution in [0, 0.1) is 6.92 Å². The van der Waals surface area contributed by atoms with E-state index in [0.29, 0.717) is 0 Å². The number of hydrogen-bond acceptors (Lipinski definition) is 3. The highest BCUT2D eigenvalue weighted by Gasteiger charge is 2.30. The van der Waals surface area contributed by atoms with Gasteiger partial charge in [0.2, 0.25) is 5.91 Å². The highest BCUT2D eigenvalue weighted by atomic mass is 32.2. The molecule has 0 aromatic carbocycles. The molecule has 0 radical (unpaired) electrons. The van der Waals surface area contributed by atoms with Gasteiger partial charge in [-0.05, 0) is 44.4 Å². The lowest BCUT2D eigenvalue weighted by Gasteiger charge is -2.36. The lowest BCUT2D eigenvalue weighted by atomic mass is 10.1. The van der Waals surface area contributed by atoms with Gasteiger partial charge in [-0.2, -0.15) is 11.8 Å². The first-order valence-electron chi connectivity index (χ1n) is 6.77. The van der Waals surface area contributed by atoms with Crippen LogP contribution in [0.5, 0.6) is 0 Å². The SMILES string of the molecule is CSCC[C@@H](N)C(=O)N1CCn2c(C)ccc2C1C. The first-order chi connectivity index (χ1) is 9.06. The van der Waals surface area contributed by atoms with Crippen molar-refractivity contribution in [2.24, 2.45) is 5.73 Å². The molecule has 1 aliphatic rings. The van der Waals surface area contributed by atoms with E-state index in [9.17, 15) is 4.79 Å². The van der Waals surface area contributed by atoms with Crippen molar-refractivity contribution in [1.82, 2.24) is 9.47 Å². The van der Waals surface area contributed by atoms with Gasteiger partial charge in [0.25, 0.3) is 0 Å². The number of thioether (sulfide) groups is 1. The van der Waals surface area contributed by atoms with Gasteiger partial charge in [0.1, 0.15) is 0 Å². The van der Waals surface area contributed by atoms with E-state index < -0.39 is 0 Å². The predicted molar refractivity (Wildman–Crippen MR) is 80.3 cm³/mol. The van der Waals surface area contributed by atoms with Crippen LogP contribution < -0.4 is 5.73 Å². The van der Waals surface area contributed by atoms with Crippen molar-refractivity contribution in [1.29, 1.82) is 0 Å². The molecule has 1 amide bonds. The van der Waals surface area contributed by atoms with Crippen LogP contribution >= 0.6 is 11.8 Å². The molecular weight excluding hydrogens is 258 g/mol. The number of carbonyl (C=O) groups is 1. The van der Waals surface area contributed by atoms with Gasteiger partial charge in [0.05, 0.1) is 12.1 Å². The van der Waals surface area contributed by atoms with E-state index in [1.165, 1.54) is 11.4 Å². The predicted octanol–water partition coefficient (Wildman–Crippen LogP) is 1.78. The zero-order valence-electron chi connectivity index (χ0n) is 11.9. The summed E-state index contributed by atoms with van der Waals surface area (Å²) in [5, 5.41) is 0. The first kappa shape index (κ1) is 14.5. The topological polar surface area (TPSA) is 51.3 Å². The summed E-state index contributed by atoms with van der Waals surface area (Å²) in [5.74, 6) is 1.02. The molecule has 1 unspecified atom stereocenters. The van der Waals surface area contributed by atoms with Crippen LogP contribution in [-0.4, -0.2) is 40.0 Å². The minimum atomic E-state index is -0.363. The summed E-state index contributed by atoms with van der Waals surface area (Å²) in [7, 11) is 0. The summed E-state index contributed by atoms with van der Waals surface area (Å²) in [6.45, 7) is 5.83. The van der Waals surface area contributed by atoms with Gasteiger partial charge in [0, 0.05) is 24.5 Å². The largest absolute Gasteiger partial charge is 0.345 e. The van der Waals surface area contributed by atoms with Crippen LogP contribution in [0.15, 0.2) is 12.1 Å². The zero-order valence-corrected chi connectivity index (χ0v) is 12.7. The van der Waals surface area contributed by atoms with Crippen LogP contribution in [0.3, 0.4) is 0 Å². The Labute approximate surface area is 119 Å². The average Bonchev–Trinajstić information content (AvgIpc) is 2.78. The van der Waals surface area contributed by atoms with Gasteiger partial charge < -0.3 is 15.2 Å². The molecule has 1 aliphatic heterocycles. The molecule has 0 fully saturated rings. The molecule has 5 heteroatoms. The Bertz CT molecular complexity index is 458. The summed E-state index contributed by atoms with van der Waals surface area (Å²) >= 11 is 1.73. The Morgan fingerprint density at radius 3 is 2.95 bits per heavy atom. The molecule has 4 nitrogen and oxygen atoms in total. The second-order valence-electron chi connectivity index (χ2n) is 5.15. The van der Waals surface area contributed by atoms with Crippen molar-refractivity contribution in [3.8, 4) is 0 Å². The number of aromatic nitrogens is 1. The maximum absolute atomic E-state index is 12.4. The lowest BCUT2D eigenvalue weighted by molar-refractivity contribution is -0.135. The number of nitrogens with two attached hydrogens (primary N) is 1. The normalized spacial score (nSPS) is 20.2. The minimum Gasteiger partial charge on any atom is -0.345 e. The Hall–Kier alpha value is -0.940. The zero-order chi connectivity index (χ0) is 14.0. The van der Waals surface area contributed by atoms with E-state index in [4.69, 9.17) is 5.73 Å². The monoisotopic (exact) mass is 281 g/mol. The summed E-state index contributed by atoms with van der Waals surface area (Å²) < 4.78 is 2.29. The molecule has 2 rings (SSSR count). The summed E-state index contributed by atoms with van der Waals surface area (Å²) in [4.78, 5) is 14.3. The fourth-order valence-corrected chi connectivity index (χ4v) is 3.19. The van der Waals surface area contributed by atoms with Gasteiger partial charge in [-0.25, -0.2) is 0 Å². The summed E-state index contributed by atoms with van der Waals surface area (Å²) in [5.41, 5.74) is 8.49. The van der Waals surface area contributed by atoms with E-state index in [2.05, 4.69) is 30.5 Å². The summed E-state index contributed by atoms with van der Waals surface area (Å²) in [6.07, 6.45) is 2.79. The van der Waals surface area contributed by atoms with Crippen molar-refractivity contribution < 1.29 is 4.79 Å². The molecule has 2 N–H and O–H groups in total. The Morgan fingerprint density at radius 2 is 2.26 bits per heavy atom. The molecule has 106 valence electrons. The van der Waals surface area contributed by atoms with E-state index in [1.807, 2.05) is 11.2 Å². The van der Waals surface area contributed by atoms with E-state index in [-0.39, 0.29) is 18.0 Å². The van der Waals surface area contributed by atoms with Gasteiger partial charge in [-0.3, -0.25) is 4.79 Å². The standard InChI is InChI=1S/C14H23N3OS/c1-10-4-5-13-11(2)17(8-7-16(10)13)14(18)12(15)6-9-19-3/h4-5,11-12H,6-9,15H2,1-3H3/t11?,12-/m1/s1. The van der Waals surface area contributed by atoms with Gasteiger partial charge in [-0.1, -0.05) is 0 Å². The number of rotatable bonds is 4. The third-order valence-corrected chi connectivity index (χ3v) is 4.57. The van der Waals surface area contributed by atoms with Crippen molar-refractivity contribution >= 4 is 17.7 Å². The van der Waals surface area contributed by atoms with Gasteiger partial charge >= 0.3 is 0 Å². The van der Waals surface area contributed by atoms with Crippen molar-refractivity contribution in [2.75, 3.05) is 18.6 Å². The van der Waals surface area contributed by atoms with Crippen LogP contribution in [0.25, 0.3) is 0 Å². The number of carbonyl (C=O) groups excluding carboxylic acids is 1. The highest BCUT2D eigenvalue weighted by Crippen LogP contribution is 2.27. The van der Waals surface area contributed by atoms with Crippen LogP contribution in [-0.2, 0) is 11.3 Å². The third kappa shape index (κ3) is 2.82. The average molecular weight is 281 g/mol. The third-order valence-electron chi connectivity index (χ3n) is 3.93. The molecular formula is C14H23N3OS.